The zero-order valence-electron chi connectivity index (χ0n) is 30.7. The van der Waals surface area contributed by atoms with E-state index in [0.29, 0.717) is 64.9 Å². The summed E-state index contributed by atoms with van der Waals surface area (Å²) in [6.07, 6.45) is 4.61. The van der Waals surface area contributed by atoms with E-state index in [2.05, 4.69) is 63.5 Å². The first-order valence-electron chi connectivity index (χ1n) is 18.5. The van der Waals surface area contributed by atoms with Gasteiger partial charge in [0, 0.05) is 86.7 Å². The van der Waals surface area contributed by atoms with Crippen molar-refractivity contribution < 1.29 is 14.3 Å². The molecule has 2 fully saturated rings. The molecule has 2 amide bonds. The van der Waals surface area contributed by atoms with Crippen LogP contribution >= 0.6 is 24.2 Å². The average molecular weight is 767 g/mol. The summed E-state index contributed by atoms with van der Waals surface area (Å²) in [6, 6.07) is 22.4. The highest BCUT2D eigenvalue weighted by molar-refractivity contribution is 7.80. The molecule has 0 radical (unpaired) electrons. The van der Waals surface area contributed by atoms with Gasteiger partial charge in [-0.05, 0) is 61.0 Å². The summed E-state index contributed by atoms with van der Waals surface area (Å²) in [5.74, 6) is 0.862. The Balaban J connectivity index is 0.00000160. The molecule has 3 aromatic carbocycles. The highest BCUT2D eigenvalue weighted by Gasteiger charge is 2.30. The first kappa shape index (κ1) is 38.9. The number of aromatic nitrogens is 2. The number of amides is 2. The Labute approximate surface area is 328 Å². The second-order valence-corrected chi connectivity index (χ2v) is 14.5. The molecule has 3 aliphatic heterocycles. The summed E-state index contributed by atoms with van der Waals surface area (Å²) in [5.41, 5.74) is 4.16. The van der Waals surface area contributed by atoms with Crippen LogP contribution < -0.4 is 19.9 Å². The lowest BCUT2D eigenvalue weighted by Gasteiger charge is -2.38. The third-order valence-corrected chi connectivity index (χ3v) is 11.0. The molecule has 0 bridgehead atoms. The van der Waals surface area contributed by atoms with Gasteiger partial charge in [-0.1, -0.05) is 60.6 Å². The number of ether oxygens (including phenoxy) is 1. The van der Waals surface area contributed by atoms with Gasteiger partial charge in [0.25, 0.3) is 0 Å². The van der Waals surface area contributed by atoms with Gasteiger partial charge in [0.15, 0.2) is 0 Å². The number of nitriles is 1. The highest BCUT2D eigenvalue weighted by Crippen LogP contribution is 2.37. The Kier molecular flexibility index (Phi) is 13.3. The lowest BCUT2D eigenvalue weighted by atomic mass is 10.0. The van der Waals surface area contributed by atoms with E-state index in [1.54, 1.807) is 6.07 Å². The number of rotatable bonds is 11. The zero-order chi connectivity index (χ0) is 38.0. The zero-order valence-corrected chi connectivity index (χ0v) is 32.4. The maximum absolute atomic E-state index is 12.7. The number of fused-ring (bicyclic) bond motifs is 2. The number of hydrogen-bond donors (Lipinski definition) is 2. The van der Waals surface area contributed by atoms with Gasteiger partial charge in [-0.25, -0.2) is 0 Å². The first-order valence-corrected chi connectivity index (χ1v) is 19.3. The number of carbonyl (C=O) groups is 2. The molecule has 54 heavy (non-hydrogen) atoms. The fraction of sp³-hybridized carbons (Fsp3) is 0.390. The Morgan fingerprint density at radius 1 is 1.04 bits per heavy atom. The minimum absolute atomic E-state index is 0.0211. The number of nitrogens with zero attached hydrogens (tertiary/aromatic N) is 7. The molecule has 3 aliphatic rings. The van der Waals surface area contributed by atoms with Crippen LogP contribution in [0.3, 0.4) is 0 Å². The lowest BCUT2D eigenvalue weighted by molar-refractivity contribution is -0.126. The van der Waals surface area contributed by atoms with Crippen LogP contribution in [0, 0.1) is 11.3 Å². The fourth-order valence-corrected chi connectivity index (χ4v) is 7.98. The number of likely N-dealkylation sites (tertiary alicyclic amines) is 1. The molecule has 4 aromatic rings. The Morgan fingerprint density at radius 3 is 2.56 bits per heavy atom. The molecule has 2 saturated heterocycles. The van der Waals surface area contributed by atoms with E-state index in [9.17, 15) is 9.59 Å². The predicted molar refractivity (Wildman–Crippen MR) is 216 cm³/mol. The molecule has 1 atom stereocenters. The van der Waals surface area contributed by atoms with Gasteiger partial charge in [-0.3, -0.25) is 14.5 Å². The number of thiol groups is 1. The molecule has 1 aromatic heterocycles. The summed E-state index contributed by atoms with van der Waals surface area (Å²) in [7, 11) is 0. The molecule has 282 valence electrons. The predicted octanol–water partition coefficient (Wildman–Crippen LogP) is 6.05. The van der Waals surface area contributed by atoms with Gasteiger partial charge in [-0.15, -0.1) is 12.6 Å². The molecule has 0 aliphatic carbocycles. The largest absolute Gasteiger partial charge is 0.462 e. The van der Waals surface area contributed by atoms with Crippen molar-refractivity contribution in [2.75, 3.05) is 62.2 Å². The number of carbonyl (C=O) groups excluding carboxylic acids is 2. The Bertz CT molecular complexity index is 2010. The number of nitrogens with one attached hydrogen (secondary N) is 1. The number of piperazine rings is 1. The van der Waals surface area contributed by atoms with Crippen molar-refractivity contribution in [3.05, 3.63) is 95.2 Å². The third kappa shape index (κ3) is 9.27. The molecule has 7 rings (SSSR count). The molecule has 1 unspecified atom stereocenters. The van der Waals surface area contributed by atoms with Crippen molar-refractivity contribution in [2.24, 2.45) is 0 Å². The minimum atomic E-state index is -0.0469. The van der Waals surface area contributed by atoms with Gasteiger partial charge in [0.05, 0.1) is 23.3 Å². The summed E-state index contributed by atoms with van der Waals surface area (Å²) >= 11 is 11.2. The van der Waals surface area contributed by atoms with Crippen molar-refractivity contribution in [1.29, 1.82) is 5.26 Å². The molecule has 0 saturated carbocycles. The lowest BCUT2D eigenvalue weighted by Crippen LogP contribution is -2.49. The Hall–Kier alpha value is -4.83. The van der Waals surface area contributed by atoms with E-state index < -0.39 is 0 Å². The maximum atomic E-state index is 12.7. The molecule has 13 heteroatoms. The minimum Gasteiger partial charge on any atom is -0.462 e. The van der Waals surface area contributed by atoms with E-state index in [0.717, 1.165) is 81.4 Å². The first-order chi connectivity index (χ1) is 26.3. The Morgan fingerprint density at radius 2 is 1.80 bits per heavy atom. The summed E-state index contributed by atoms with van der Waals surface area (Å²) in [4.78, 5) is 44.7. The van der Waals surface area contributed by atoms with Crippen molar-refractivity contribution in [3.63, 3.8) is 0 Å². The van der Waals surface area contributed by atoms with Gasteiger partial charge in [0.2, 0.25) is 11.8 Å². The standard InChI is InChI=1S/C39H44ClN7O3S.C2H3N/c1-2-36(49)45-20-22-46(23-21-45)38-30-15-18-47(33-13-6-10-27-9-5-12-31(40)37(27)33)25-32(30)42-39(43-38)50-26-29-11-7-17-44(29)19-16-35(48)41-24-28-8-3-4-14-34(28)51;1-2-3/h2-6,8-10,12-14,29,51H,1,7,11,15-26H2,(H,41,48);1H3. The topological polar surface area (TPSA) is 118 Å². The molecule has 1 N–H and O–H groups in total. The van der Waals surface area contributed by atoms with E-state index in [4.69, 9.17) is 31.6 Å². The molecule has 0 spiro atoms. The van der Waals surface area contributed by atoms with E-state index in [1.165, 1.54) is 13.0 Å². The van der Waals surface area contributed by atoms with Crippen LogP contribution in [0.5, 0.6) is 6.01 Å². The van der Waals surface area contributed by atoms with Crippen LogP contribution in [0.25, 0.3) is 10.8 Å². The maximum Gasteiger partial charge on any atom is 0.318 e. The van der Waals surface area contributed by atoms with Gasteiger partial charge < -0.3 is 24.8 Å². The molecular weight excluding hydrogens is 720 g/mol. The van der Waals surface area contributed by atoms with Crippen LogP contribution in [0.4, 0.5) is 11.5 Å². The van der Waals surface area contributed by atoms with Crippen molar-refractivity contribution >= 4 is 58.3 Å². The smallest absolute Gasteiger partial charge is 0.318 e. The summed E-state index contributed by atoms with van der Waals surface area (Å²) < 4.78 is 6.43. The quantitative estimate of drug-likeness (QED) is 0.139. The van der Waals surface area contributed by atoms with Crippen LogP contribution in [0.1, 0.15) is 43.0 Å². The normalized spacial score (nSPS) is 16.9. The fourth-order valence-electron chi connectivity index (χ4n) is 7.46. The second-order valence-electron chi connectivity index (χ2n) is 13.6. The number of anilines is 2. The van der Waals surface area contributed by atoms with Crippen molar-refractivity contribution in [1.82, 2.24) is 25.1 Å². The highest BCUT2D eigenvalue weighted by atomic mass is 35.5. The van der Waals surface area contributed by atoms with Crippen LogP contribution in [0.15, 0.2) is 78.2 Å². The van der Waals surface area contributed by atoms with Gasteiger partial charge in [-0.2, -0.15) is 15.2 Å². The monoisotopic (exact) mass is 766 g/mol. The van der Waals surface area contributed by atoms with Crippen LogP contribution in [-0.2, 0) is 29.1 Å². The molecular formula is C41H47ClN8O3S. The van der Waals surface area contributed by atoms with Crippen molar-refractivity contribution in [3.8, 4) is 12.1 Å². The summed E-state index contributed by atoms with van der Waals surface area (Å²) in [5, 5.41) is 13.2. The number of halogens is 1. The van der Waals surface area contributed by atoms with E-state index in [-0.39, 0.29) is 17.9 Å². The van der Waals surface area contributed by atoms with Crippen LogP contribution in [0.2, 0.25) is 5.02 Å². The molecule has 11 nitrogen and oxygen atoms in total. The van der Waals surface area contributed by atoms with Gasteiger partial charge >= 0.3 is 6.01 Å². The average Bonchev–Trinajstić information content (AvgIpc) is 3.65. The number of benzene rings is 3. The van der Waals surface area contributed by atoms with Crippen LogP contribution in [-0.4, -0.2) is 90.0 Å². The summed E-state index contributed by atoms with van der Waals surface area (Å²) in [6.45, 7) is 11.5. The van der Waals surface area contributed by atoms with E-state index >= 15 is 0 Å². The second kappa shape index (κ2) is 18.5. The van der Waals surface area contributed by atoms with Gasteiger partial charge in [0.1, 0.15) is 12.4 Å². The van der Waals surface area contributed by atoms with Crippen molar-refractivity contribution in [2.45, 2.75) is 56.6 Å². The van der Waals surface area contributed by atoms with E-state index in [1.807, 2.05) is 41.3 Å². The SMILES string of the molecule is C=CC(=O)N1CCN(c2nc(OCC3CCCN3CCC(=O)NCc3ccccc3S)nc3c2CCN(c2cccc4cccc(Cl)c24)C3)CC1.CC#N. The number of hydrogen-bond acceptors (Lipinski definition) is 10. The third-order valence-electron chi connectivity index (χ3n) is 10.3. The molecule has 4 heterocycles.